The molecular weight excluding hydrogens is 392 g/mol. The minimum atomic E-state index is 0.120. The van der Waals surface area contributed by atoms with E-state index in [0.717, 1.165) is 45.7 Å². The van der Waals surface area contributed by atoms with Crippen LogP contribution in [0.4, 0.5) is 0 Å². The van der Waals surface area contributed by atoms with Gasteiger partial charge in [-0.3, -0.25) is 10.2 Å². The molecule has 4 heterocycles. The van der Waals surface area contributed by atoms with Crippen LogP contribution < -0.4 is 21.0 Å². The Bertz CT molecular complexity index is 616. The molecular formula is C23H42N6O2+2. The fraction of sp³-hybridized carbons (Fsp3) is 0.957. The molecule has 8 nitrogen and oxygen atoms in total. The van der Waals surface area contributed by atoms with Crippen molar-refractivity contribution in [2.45, 2.75) is 76.0 Å². The van der Waals surface area contributed by atoms with Gasteiger partial charge in [0.05, 0.1) is 45.1 Å². The average Bonchev–Trinajstić information content (AvgIpc) is 3.49. The first kappa shape index (κ1) is 22.0. The highest BCUT2D eigenvalue weighted by atomic mass is 16.7. The Labute approximate surface area is 186 Å². The summed E-state index contributed by atoms with van der Waals surface area (Å²) in [6.45, 7) is 7.54. The second-order valence-electron chi connectivity index (χ2n) is 10.5. The molecule has 0 bridgehead atoms. The Balaban J connectivity index is 1.09. The summed E-state index contributed by atoms with van der Waals surface area (Å²) in [4.78, 5) is 10.4. The zero-order valence-corrected chi connectivity index (χ0v) is 18.9. The second-order valence-corrected chi connectivity index (χ2v) is 10.5. The van der Waals surface area contributed by atoms with Crippen molar-refractivity contribution >= 4 is 0 Å². The lowest BCUT2D eigenvalue weighted by molar-refractivity contribution is -0.919. The number of quaternary nitrogens is 2. The lowest BCUT2D eigenvalue weighted by Crippen LogP contribution is -3.15. The number of nitrogens with two attached hydrogens (primary N) is 1. The molecule has 0 radical (unpaired) electrons. The Morgan fingerprint density at radius 3 is 2.81 bits per heavy atom. The standard InChI is InChI=1S/C23H40N6O2/c24-14-17-3-1-4-18(13-17)16-29-8-2-5-20(29)23-26-22(27-31-23)19-6-7-21(25-15-19)28-9-11-30-12-10-28/h17-23,25-27H,1-13,15-16H2/p+2/t17?,18?,19?,20-,21?,22?,23?/m0/s1. The van der Waals surface area contributed by atoms with Crippen molar-refractivity contribution in [1.29, 1.82) is 5.26 Å². The first-order valence-corrected chi connectivity index (χ1v) is 12.9. The van der Waals surface area contributed by atoms with Crippen LogP contribution in [-0.2, 0) is 9.57 Å². The summed E-state index contributed by atoms with van der Waals surface area (Å²) in [6.07, 6.45) is 10.8. The number of likely N-dealkylation sites (tertiary alicyclic amines) is 1. The number of rotatable bonds is 5. The summed E-state index contributed by atoms with van der Waals surface area (Å²) in [5.74, 6) is 1.61. The zero-order valence-electron chi connectivity index (χ0n) is 18.9. The van der Waals surface area contributed by atoms with Gasteiger partial charge in [0.2, 0.25) is 0 Å². The number of nitriles is 1. The molecule has 4 aliphatic heterocycles. The molecule has 31 heavy (non-hydrogen) atoms. The smallest absolute Gasteiger partial charge is 0.183 e. The predicted octanol–water partition coefficient (Wildman–Crippen LogP) is -1.23. The van der Waals surface area contributed by atoms with Crippen LogP contribution in [0.25, 0.3) is 0 Å². The molecule has 5 rings (SSSR count). The highest BCUT2D eigenvalue weighted by Gasteiger charge is 2.44. The summed E-state index contributed by atoms with van der Waals surface area (Å²) in [7, 11) is 0. The van der Waals surface area contributed by atoms with Crippen LogP contribution in [0.1, 0.15) is 51.4 Å². The van der Waals surface area contributed by atoms with Crippen LogP contribution in [0.15, 0.2) is 0 Å². The van der Waals surface area contributed by atoms with Crippen molar-refractivity contribution in [3.8, 4) is 6.07 Å². The van der Waals surface area contributed by atoms with Gasteiger partial charge in [-0.15, -0.1) is 0 Å². The van der Waals surface area contributed by atoms with Crippen LogP contribution in [0.2, 0.25) is 0 Å². The second kappa shape index (κ2) is 10.4. The van der Waals surface area contributed by atoms with E-state index in [4.69, 9.17) is 9.57 Å². The van der Waals surface area contributed by atoms with Gasteiger partial charge >= 0.3 is 0 Å². The maximum Gasteiger partial charge on any atom is 0.183 e. The molecule has 5 fully saturated rings. The van der Waals surface area contributed by atoms with E-state index in [1.807, 2.05) is 0 Å². The van der Waals surface area contributed by atoms with Crippen molar-refractivity contribution in [1.82, 2.24) is 15.7 Å². The van der Waals surface area contributed by atoms with Crippen LogP contribution in [-0.4, -0.2) is 75.4 Å². The normalized spacial score (nSPS) is 44.9. The summed E-state index contributed by atoms with van der Waals surface area (Å²) >= 11 is 0. The highest BCUT2D eigenvalue weighted by Crippen LogP contribution is 2.28. The third-order valence-electron chi connectivity index (χ3n) is 8.62. The quantitative estimate of drug-likeness (QED) is 0.433. The number of hydrogen-bond donors (Lipinski definition) is 4. The fourth-order valence-corrected chi connectivity index (χ4v) is 6.84. The monoisotopic (exact) mass is 434 g/mol. The van der Waals surface area contributed by atoms with Crippen LogP contribution in [0.3, 0.4) is 0 Å². The Morgan fingerprint density at radius 1 is 1.10 bits per heavy atom. The fourth-order valence-electron chi connectivity index (χ4n) is 6.84. The topological polar surface area (TPSA) is 90.6 Å². The Hall–Kier alpha value is -0.790. The SMILES string of the molecule is N#CC1CCCC(C[NH+]2CCC[C@H]2C2NC(C3CCC(N4CCOCC4)[NH2+]C3)NO2)C1. The average molecular weight is 435 g/mol. The van der Waals surface area contributed by atoms with Crippen molar-refractivity contribution in [3.05, 3.63) is 0 Å². The first-order valence-electron chi connectivity index (χ1n) is 12.9. The number of hydrogen-bond acceptors (Lipinski definition) is 6. The van der Waals surface area contributed by atoms with Crippen molar-refractivity contribution < 1.29 is 19.8 Å². The van der Waals surface area contributed by atoms with E-state index in [9.17, 15) is 5.26 Å². The summed E-state index contributed by atoms with van der Waals surface area (Å²) < 4.78 is 5.51. The van der Waals surface area contributed by atoms with Gasteiger partial charge in [-0.2, -0.15) is 10.7 Å². The molecule has 0 aromatic carbocycles. The minimum Gasteiger partial charge on any atom is -0.379 e. The Kier molecular flexibility index (Phi) is 7.41. The number of piperidine rings is 1. The summed E-state index contributed by atoms with van der Waals surface area (Å²) in [5.41, 5.74) is 3.37. The molecule has 0 amide bonds. The summed E-state index contributed by atoms with van der Waals surface area (Å²) in [5, 5.41) is 15.7. The molecule has 1 saturated carbocycles. The van der Waals surface area contributed by atoms with Crippen LogP contribution in [0, 0.1) is 29.1 Å². The molecule has 1 aliphatic carbocycles. The number of morpholine rings is 1. The molecule has 7 unspecified atom stereocenters. The maximum absolute atomic E-state index is 9.33. The van der Waals surface area contributed by atoms with E-state index in [-0.39, 0.29) is 18.3 Å². The van der Waals surface area contributed by atoms with Crippen molar-refractivity contribution in [3.63, 3.8) is 0 Å². The number of ether oxygens (including phenoxy) is 1. The number of nitrogens with one attached hydrogen (secondary N) is 3. The van der Waals surface area contributed by atoms with E-state index in [1.165, 1.54) is 51.6 Å². The van der Waals surface area contributed by atoms with Crippen molar-refractivity contribution in [2.24, 2.45) is 17.8 Å². The van der Waals surface area contributed by atoms with Gasteiger partial charge in [0, 0.05) is 50.1 Å². The first-order chi connectivity index (χ1) is 15.3. The lowest BCUT2D eigenvalue weighted by Gasteiger charge is -2.37. The van der Waals surface area contributed by atoms with E-state index < -0.39 is 0 Å². The van der Waals surface area contributed by atoms with Crippen molar-refractivity contribution in [2.75, 3.05) is 45.9 Å². The van der Waals surface area contributed by atoms with Crippen LogP contribution >= 0.6 is 0 Å². The maximum atomic E-state index is 9.33. The Morgan fingerprint density at radius 2 is 2.00 bits per heavy atom. The van der Waals surface area contributed by atoms with Gasteiger partial charge < -0.3 is 15.0 Å². The molecule has 0 aromatic rings. The summed E-state index contributed by atoms with van der Waals surface area (Å²) in [6, 6.07) is 3.06. The van der Waals surface area contributed by atoms with E-state index >= 15 is 0 Å². The third kappa shape index (κ3) is 5.25. The van der Waals surface area contributed by atoms with Crippen LogP contribution in [0.5, 0.6) is 0 Å². The van der Waals surface area contributed by atoms with Gasteiger partial charge in [0.15, 0.2) is 6.23 Å². The molecule has 0 aromatic heterocycles. The highest BCUT2D eigenvalue weighted by molar-refractivity contribution is 4.88. The molecule has 5 aliphatic rings. The van der Waals surface area contributed by atoms with E-state index in [1.54, 1.807) is 4.90 Å². The molecule has 174 valence electrons. The number of nitrogens with zero attached hydrogens (tertiary/aromatic N) is 2. The van der Waals surface area contributed by atoms with E-state index in [2.05, 4.69) is 27.1 Å². The third-order valence-corrected chi connectivity index (χ3v) is 8.62. The van der Waals surface area contributed by atoms with Gasteiger partial charge in [0.25, 0.3) is 0 Å². The molecule has 5 N–H and O–H groups in total. The largest absolute Gasteiger partial charge is 0.379 e. The minimum absolute atomic E-state index is 0.120. The molecule has 0 spiro atoms. The molecule has 8 atom stereocenters. The molecule has 4 saturated heterocycles. The van der Waals surface area contributed by atoms with E-state index in [0.29, 0.717) is 24.0 Å². The van der Waals surface area contributed by atoms with Gasteiger partial charge in [-0.1, -0.05) is 6.42 Å². The number of hydroxylamine groups is 1. The van der Waals surface area contributed by atoms with Gasteiger partial charge in [-0.05, 0) is 25.7 Å². The van der Waals surface area contributed by atoms with Gasteiger partial charge in [-0.25, -0.2) is 4.90 Å². The predicted molar refractivity (Wildman–Crippen MR) is 115 cm³/mol. The zero-order chi connectivity index (χ0) is 21.0. The van der Waals surface area contributed by atoms with Gasteiger partial charge in [0.1, 0.15) is 12.2 Å². The molecule has 8 heteroatoms. The lowest BCUT2D eigenvalue weighted by atomic mass is 9.82.